The number of aliphatic carboxylic acids is 1. The Hall–Kier alpha value is -2.18. The molecule has 2 atom stereocenters. The molecule has 22 heavy (non-hydrogen) atoms. The minimum Gasteiger partial charge on any atom is -0.480 e. The van der Waals surface area contributed by atoms with E-state index in [1.165, 1.54) is 11.2 Å². The topological polar surface area (TPSA) is 92.6 Å². The van der Waals surface area contributed by atoms with Gasteiger partial charge in [0.25, 0.3) is 0 Å². The van der Waals surface area contributed by atoms with E-state index in [1.807, 2.05) is 0 Å². The van der Waals surface area contributed by atoms with E-state index < -0.39 is 23.7 Å². The number of hydrogen-bond donors (Lipinski definition) is 1. The van der Waals surface area contributed by atoms with Gasteiger partial charge in [0.1, 0.15) is 18.0 Å². The summed E-state index contributed by atoms with van der Waals surface area (Å²) in [4.78, 5) is 32.8. The van der Waals surface area contributed by atoms with Gasteiger partial charge in [-0.1, -0.05) is 0 Å². The number of carbonyl (C=O) groups is 2. The van der Waals surface area contributed by atoms with Crippen LogP contribution in [0, 0.1) is 5.92 Å². The van der Waals surface area contributed by atoms with Gasteiger partial charge in [0, 0.05) is 18.9 Å². The Bertz CT molecular complexity index is 541. The number of carboxylic acid groups (broad SMARTS) is 1. The van der Waals surface area contributed by atoms with Crippen LogP contribution >= 0.6 is 0 Å². The molecule has 1 aromatic rings. The van der Waals surface area contributed by atoms with E-state index in [4.69, 9.17) is 4.74 Å². The number of aromatic nitrogens is 2. The number of carbonyl (C=O) groups excluding carboxylic acids is 1. The predicted molar refractivity (Wildman–Crippen MR) is 78.2 cm³/mol. The van der Waals surface area contributed by atoms with Crippen LogP contribution in [0.5, 0.6) is 0 Å². The SMILES string of the molecule is CC(C)(C)OC(=O)N1C[C@H](Cc2cncnc2)C[C@H]1C(=O)O. The first kappa shape index (κ1) is 16.2. The van der Waals surface area contributed by atoms with Crippen molar-refractivity contribution in [3.8, 4) is 0 Å². The molecule has 1 aromatic heterocycles. The molecule has 7 nitrogen and oxygen atoms in total. The van der Waals surface area contributed by atoms with Crippen LogP contribution in [0.15, 0.2) is 18.7 Å². The monoisotopic (exact) mass is 307 g/mol. The van der Waals surface area contributed by atoms with Crippen molar-refractivity contribution < 1.29 is 19.4 Å². The molecule has 1 aliphatic heterocycles. The van der Waals surface area contributed by atoms with Crippen molar-refractivity contribution in [2.75, 3.05) is 6.54 Å². The van der Waals surface area contributed by atoms with E-state index >= 15 is 0 Å². The first-order valence-corrected chi connectivity index (χ1v) is 7.22. The predicted octanol–water partition coefficient (Wildman–Crippen LogP) is 1.73. The summed E-state index contributed by atoms with van der Waals surface area (Å²) in [5, 5.41) is 9.34. The summed E-state index contributed by atoms with van der Waals surface area (Å²) in [5.74, 6) is -0.947. The van der Waals surface area contributed by atoms with Gasteiger partial charge in [-0.05, 0) is 45.1 Å². The molecule has 0 aromatic carbocycles. The van der Waals surface area contributed by atoms with Crippen LogP contribution in [0.4, 0.5) is 4.79 Å². The molecule has 0 spiro atoms. The van der Waals surface area contributed by atoms with Crippen LogP contribution in [0.25, 0.3) is 0 Å². The van der Waals surface area contributed by atoms with Gasteiger partial charge in [-0.15, -0.1) is 0 Å². The molecule has 0 aliphatic carbocycles. The van der Waals surface area contributed by atoms with Crippen LogP contribution in [-0.2, 0) is 16.0 Å². The molecule has 2 rings (SSSR count). The van der Waals surface area contributed by atoms with Crippen LogP contribution in [0.1, 0.15) is 32.8 Å². The zero-order valence-corrected chi connectivity index (χ0v) is 13.0. The van der Waals surface area contributed by atoms with Crippen molar-refractivity contribution >= 4 is 12.1 Å². The zero-order chi connectivity index (χ0) is 16.3. The summed E-state index contributed by atoms with van der Waals surface area (Å²) in [5.41, 5.74) is 0.286. The summed E-state index contributed by atoms with van der Waals surface area (Å²) in [6.45, 7) is 5.64. The Morgan fingerprint density at radius 3 is 2.55 bits per heavy atom. The minimum absolute atomic E-state index is 0.0552. The fraction of sp³-hybridized carbons (Fsp3) is 0.600. The second kappa shape index (κ2) is 6.29. The number of carboxylic acids is 1. The molecule has 1 fully saturated rings. The summed E-state index contributed by atoms with van der Waals surface area (Å²) < 4.78 is 5.30. The summed E-state index contributed by atoms with van der Waals surface area (Å²) in [6, 6.07) is -0.843. The molecule has 0 bridgehead atoms. The van der Waals surface area contributed by atoms with E-state index in [9.17, 15) is 14.7 Å². The second-order valence-corrected chi connectivity index (χ2v) is 6.54. The molecule has 120 valence electrons. The smallest absolute Gasteiger partial charge is 0.411 e. The molecule has 0 unspecified atom stereocenters. The molecule has 7 heteroatoms. The average molecular weight is 307 g/mol. The molecule has 2 heterocycles. The first-order chi connectivity index (χ1) is 10.3. The third-order valence-corrected chi connectivity index (χ3v) is 3.44. The Morgan fingerprint density at radius 2 is 2.00 bits per heavy atom. The Balaban J connectivity index is 2.06. The van der Waals surface area contributed by atoms with Gasteiger partial charge in [0.05, 0.1) is 0 Å². The molecule has 0 radical (unpaired) electrons. The zero-order valence-electron chi connectivity index (χ0n) is 13.0. The standard InChI is InChI=1S/C15H21N3O4/c1-15(2,3)22-14(21)18-8-10(5-12(18)13(19)20)4-11-6-16-9-17-7-11/h6-7,9-10,12H,4-5,8H2,1-3H3,(H,19,20)/t10-,12+/m1/s1. The van der Waals surface area contributed by atoms with Gasteiger partial charge < -0.3 is 9.84 Å². The first-order valence-electron chi connectivity index (χ1n) is 7.22. The lowest BCUT2D eigenvalue weighted by Gasteiger charge is -2.26. The minimum atomic E-state index is -1.00. The Labute approximate surface area is 129 Å². The van der Waals surface area contributed by atoms with E-state index in [-0.39, 0.29) is 5.92 Å². The molecule has 1 aliphatic rings. The maximum absolute atomic E-state index is 12.2. The number of hydrogen-bond acceptors (Lipinski definition) is 5. The Morgan fingerprint density at radius 1 is 1.36 bits per heavy atom. The summed E-state index contributed by atoms with van der Waals surface area (Å²) >= 11 is 0. The van der Waals surface area contributed by atoms with Gasteiger partial charge in [-0.3, -0.25) is 4.90 Å². The van der Waals surface area contributed by atoms with Gasteiger partial charge in [0.2, 0.25) is 0 Å². The number of amides is 1. The average Bonchev–Trinajstić information content (AvgIpc) is 2.82. The van der Waals surface area contributed by atoms with Crippen molar-refractivity contribution in [3.05, 3.63) is 24.3 Å². The summed E-state index contributed by atoms with van der Waals surface area (Å²) in [6.07, 6.45) is 5.34. The highest BCUT2D eigenvalue weighted by Crippen LogP contribution is 2.28. The van der Waals surface area contributed by atoms with Crippen LogP contribution in [0.2, 0.25) is 0 Å². The fourth-order valence-corrected chi connectivity index (χ4v) is 2.60. The van der Waals surface area contributed by atoms with Gasteiger partial charge in [0.15, 0.2) is 0 Å². The van der Waals surface area contributed by atoms with E-state index in [0.29, 0.717) is 19.4 Å². The van der Waals surface area contributed by atoms with Crippen molar-refractivity contribution in [1.82, 2.24) is 14.9 Å². The molecule has 0 saturated carbocycles. The molecular formula is C15H21N3O4. The van der Waals surface area contributed by atoms with Crippen molar-refractivity contribution in [2.45, 2.75) is 45.3 Å². The number of rotatable bonds is 3. The molecule has 1 saturated heterocycles. The third kappa shape index (κ3) is 4.16. The largest absolute Gasteiger partial charge is 0.480 e. The lowest BCUT2D eigenvalue weighted by Crippen LogP contribution is -2.43. The molecular weight excluding hydrogens is 286 g/mol. The fourth-order valence-electron chi connectivity index (χ4n) is 2.60. The Kier molecular flexibility index (Phi) is 4.63. The van der Waals surface area contributed by atoms with E-state index in [2.05, 4.69) is 9.97 Å². The number of ether oxygens (including phenoxy) is 1. The lowest BCUT2D eigenvalue weighted by molar-refractivity contribution is -0.142. The van der Waals surface area contributed by atoms with Crippen molar-refractivity contribution in [2.24, 2.45) is 5.92 Å². The molecule has 1 N–H and O–H groups in total. The van der Waals surface area contributed by atoms with Crippen molar-refractivity contribution in [1.29, 1.82) is 0 Å². The number of nitrogens with zero attached hydrogens (tertiary/aromatic N) is 3. The number of likely N-dealkylation sites (tertiary alicyclic amines) is 1. The van der Waals surface area contributed by atoms with E-state index in [0.717, 1.165) is 5.56 Å². The van der Waals surface area contributed by atoms with Crippen LogP contribution in [0.3, 0.4) is 0 Å². The van der Waals surface area contributed by atoms with E-state index in [1.54, 1.807) is 33.2 Å². The quantitative estimate of drug-likeness (QED) is 0.914. The maximum Gasteiger partial charge on any atom is 0.411 e. The summed E-state index contributed by atoms with van der Waals surface area (Å²) in [7, 11) is 0. The van der Waals surface area contributed by atoms with Crippen LogP contribution in [-0.4, -0.2) is 50.2 Å². The second-order valence-electron chi connectivity index (χ2n) is 6.54. The molecule has 1 amide bonds. The highest BCUT2D eigenvalue weighted by molar-refractivity contribution is 5.81. The van der Waals surface area contributed by atoms with Gasteiger partial charge in [-0.2, -0.15) is 0 Å². The normalized spacial score (nSPS) is 21.7. The van der Waals surface area contributed by atoms with Crippen LogP contribution < -0.4 is 0 Å². The van der Waals surface area contributed by atoms with Gasteiger partial charge >= 0.3 is 12.1 Å². The highest BCUT2D eigenvalue weighted by atomic mass is 16.6. The van der Waals surface area contributed by atoms with Crippen molar-refractivity contribution in [3.63, 3.8) is 0 Å². The lowest BCUT2D eigenvalue weighted by atomic mass is 9.98. The highest BCUT2D eigenvalue weighted by Gasteiger charge is 2.41. The third-order valence-electron chi connectivity index (χ3n) is 3.44. The maximum atomic E-state index is 12.2. The van der Waals surface area contributed by atoms with Gasteiger partial charge in [-0.25, -0.2) is 19.6 Å².